The number of nitrogens with zero attached hydrogens (tertiary/aromatic N) is 2. The highest BCUT2D eigenvalue weighted by atomic mass is 32.1. The third-order valence-corrected chi connectivity index (χ3v) is 13.0. The van der Waals surface area contributed by atoms with Gasteiger partial charge < -0.3 is 9.80 Å². The zero-order valence-electron chi connectivity index (χ0n) is 31.3. The van der Waals surface area contributed by atoms with Crippen molar-refractivity contribution >= 4 is 87.2 Å². The summed E-state index contributed by atoms with van der Waals surface area (Å²) in [5.41, 5.74) is 11.8. The maximum atomic E-state index is 2.57. The third-order valence-electron chi connectivity index (χ3n) is 11.8. The molecule has 0 unspecified atom stereocenters. The molecule has 0 fully saturated rings. The summed E-state index contributed by atoms with van der Waals surface area (Å²) in [6.45, 7) is 4.76. The molecular weight excluding hydrogens is 697 g/mol. The summed E-state index contributed by atoms with van der Waals surface area (Å²) in [5, 5.41) is 7.47. The van der Waals surface area contributed by atoms with Gasteiger partial charge in [0.1, 0.15) is 0 Å². The van der Waals surface area contributed by atoms with Gasteiger partial charge in [0.25, 0.3) is 0 Å². The fourth-order valence-corrected chi connectivity index (χ4v) is 10.3. The van der Waals surface area contributed by atoms with Crippen LogP contribution in [-0.2, 0) is 5.41 Å². The molecule has 10 aromatic rings. The molecule has 56 heavy (non-hydrogen) atoms. The molecule has 266 valence electrons. The SMILES string of the molecule is CC1(C)c2ccccc2N(c2c(N(c3ccccc3)c3ccc4ccccc4c3)ccc3ccccc23)c2cc(-c3cccc4c3sc3ccccc34)ccc21. The fourth-order valence-electron chi connectivity index (χ4n) is 9.08. The minimum atomic E-state index is -0.229. The molecule has 1 aliphatic heterocycles. The Morgan fingerprint density at radius 1 is 0.464 bits per heavy atom. The minimum Gasteiger partial charge on any atom is -0.308 e. The second-order valence-electron chi connectivity index (χ2n) is 15.3. The van der Waals surface area contributed by atoms with Crippen molar-refractivity contribution in [2.24, 2.45) is 0 Å². The summed E-state index contributed by atoms with van der Waals surface area (Å²) in [6, 6.07) is 71.5. The van der Waals surface area contributed by atoms with Crippen LogP contribution in [0.4, 0.5) is 34.1 Å². The first kappa shape index (κ1) is 32.7. The maximum absolute atomic E-state index is 2.57. The third kappa shape index (κ3) is 5.01. The molecule has 1 aromatic heterocycles. The Kier molecular flexibility index (Phi) is 7.42. The average molecular weight is 735 g/mol. The van der Waals surface area contributed by atoms with Gasteiger partial charge in [0.15, 0.2) is 0 Å². The van der Waals surface area contributed by atoms with E-state index in [1.165, 1.54) is 75.3 Å². The van der Waals surface area contributed by atoms with Crippen molar-refractivity contribution in [1.29, 1.82) is 0 Å². The number of benzene rings is 9. The highest BCUT2D eigenvalue weighted by Gasteiger charge is 2.39. The van der Waals surface area contributed by atoms with E-state index in [1.807, 2.05) is 11.3 Å². The summed E-state index contributed by atoms with van der Waals surface area (Å²) < 4.78 is 2.65. The maximum Gasteiger partial charge on any atom is 0.0781 e. The molecule has 0 atom stereocenters. The predicted octanol–water partition coefficient (Wildman–Crippen LogP) is 15.6. The summed E-state index contributed by atoms with van der Waals surface area (Å²) in [5.74, 6) is 0. The zero-order chi connectivity index (χ0) is 37.4. The van der Waals surface area contributed by atoms with Gasteiger partial charge in [-0.1, -0.05) is 159 Å². The van der Waals surface area contributed by atoms with Crippen LogP contribution in [0, 0.1) is 0 Å². The van der Waals surface area contributed by atoms with E-state index in [-0.39, 0.29) is 5.41 Å². The number of thiophene rings is 1. The van der Waals surface area contributed by atoms with E-state index in [2.05, 4.69) is 218 Å². The van der Waals surface area contributed by atoms with E-state index in [4.69, 9.17) is 0 Å². The van der Waals surface area contributed by atoms with Gasteiger partial charge in [-0.25, -0.2) is 0 Å². The molecule has 9 aromatic carbocycles. The zero-order valence-corrected chi connectivity index (χ0v) is 32.1. The van der Waals surface area contributed by atoms with Crippen LogP contribution in [0.2, 0.25) is 0 Å². The Hall–Kier alpha value is -6.68. The van der Waals surface area contributed by atoms with Crippen LogP contribution in [0.15, 0.2) is 194 Å². The van der Waals surface area contributed by atoms with Gasteiger partial charge in [-0.15, -0.1) is 11.3 Å². The number of para-hydroxylation sites is 2. The first-order valence-corrected chi connectivity index (χ1v) is 20.2. The summed E-state index contributed by atoms with van der Waals surface area (Å²) in [7, 11) is 0. The molecule has 0 radical (unpaired) electrons. The van der Waals surface area contributed by atoms with Gasteiger partial charge in [-0.05, 0) is 86.9 Å². The van der Waals surface area contributed by atoms with Crippen LogP contribution in [0.5, 0.6) is 0 Å². The number of anilines is 6. The first-order chi connectivity index (χ1) is 27.5. The minimum absolute atomic E-state index is 0.229. The van der Waals surface area contributed by atoms with Crippen LogP contribution in [0.25, 0.3) is 52.8 Å². The van der Waals surface area contributed by atoms with Crippen molar-refractivity contribution in [3.05, 3.63) is 205 Å². The van der Waals surface area contributed by atoms with Crippen LogP contribution < -0.4 is 9.80 Å². The molecule has 2 nitrogen and oxygen atoms in total. The Bertz CT molecular complexity index is 3140. The molecule has 2 heterocycles. The Morgan fingerprint density at radius 3 is 2.02 bits per heavy atom. The lowest BCUT2D eigenvalue weighted by Crippen LogP contribution is -2.31. The van der Waals surface area contributed by atoms with Crippen LogP contribution in [0.3, 0.4) is 0 Å². The standard InChI is InChI=1S/C53H38N2S/c1-53(2)45-24-11-12-25-47(45)55(49-34-38(28-31-46(49)53)42-22-14-23-44-43-21-10-13-26-50(43)56-52(42)44)51-41-20-9-8-16-36(41)29-32-48(51)54(39-18-4-3-5-19-39)40-30-27-35-15-6-7-17-37(35)33-40/h3-34H,1-2H3. The van der Waals surface area contributed by atoms with E-state index in [0.29, 0.717) is 0 Å². The normalized spacial score (nSPS) is 13.3. The van der Waals surface area contributed by atoms with E-state index < -0.39 is 0 Å². The molecule has 0 saturated carbocycles. The summed E-state index contributed by atoms with van der Waals surface area (Å²) >= 11 is 1.89. The van der Waals surface area contributed by atoms with E-state index >= 15 is 0 Å². The quantitative estimate of drug-likeness (QED) is 0.174. The van der Waals surface area contributed by atoms with Crippen molar-refractivity contribution in [1.82, 2.24) is 0 Å². The van der Waals surface area contributed by atoms with Crippen molar-refractivity contribution in [2.75, 3.05) is 9.80 Å². The van der Waals surface area contributed by atoms with Crippen LogP contribution >= 0.6 is 11.3 Å². The molecule has 11 rings (SSSR count). The molecule has 3 heteroatoms. The number of rotatable bonds is 5. The molecule has 0 spiro atoms. The largest absolute Gasteiger partial charge is 0.308 e. The monoisotopic (exact) mass is 734 g/mol. The lowest BCUT2D eigenvalue weighted by Gasteiger charge is -2.44. The first-order valence-electron chi connectivity index (χ1n) is 19.4. The Labute approximate surface area is 331 Å². The van der Waals surface area contributed by atoms with Gasteiger partial charge in [-0.3, -0.25) is 0 Å². The highest BCUT2D eigenvalue weighted by molar-refractivity contribution is 7.26. The molecule has 0 N–H and O–H groups in total. The van der Waals surface area contributed by atoms with Gasteiger partial charge in [0.05, 0.1) is 22.7 Å². The van der Waals surface area contributed by atoms with Gasteiger partial charge >= 0.3 is 0 Å². The van der Waals surface area contributed by atoms with Crippen molar-refractivity contribution < 1.29 is 0 Å². The molecule has 0 amide bonds. The topological polar surface area (TPSA) is 6.48 Å². The Balaban J connectivity index is 1.22. The van der Waals surface area contributed by atoms with E-state index in [1.54, 1.807) is 0 Å². The van der Waals surface area contributed by atoms with Crippen LogP contribution in [0.1, 0.15) is 25.0 Å². The average Bonchev–Trinajstić information content (AvgIpc) is 3.64. The van der Waals surface area contributed by atoms with Gasteiger partial charge in [0, 0.05) is 42.3 Å². The number of hydrogen-bond acceptors (Lipinski definition) is 3. The summed E-state index contributed by atoms with van der Waals surface area (Å²) in [6.07, 6.45) is 0. The molecule has 0 aliphatic carbocycles. The molecule has 0 bridgehead atoms. The highest BCUT2D eigenvalue weighted by Crippen LogP contribution is 2.57. The van der Waals surface area contributed by atoms with Gasteiger partial charge in [-0.2, -0.15) is 0 Å². The van der Waals surface area contributed by atoms with E-state index in [9.17, 15) is 0 Å². The fraction of sp³-hybridized carbons (Fsp3) is 0.0566. The molecule has 1 aliphatic rings. The molecule has 0 saturated heterocycles. The lowest BCUT2D eigenvalue weighted by molar-refractivity contribution is 0.632. The molecular formula is C53H38N2S. The number of hydrogen-bond donors (Lipinski definition) is 0. The van der Waals surface area contributed by atoms with Crippen molar-refractivity contribution in [2.45, 2.75) is 19.3 Å². The van der Waals surface area contributed by atoms with Gasteiger partial charge in [0.2, 0.25) is 0 Å². The smallest absolute Gasteiger partial charge is 0.0781 e. The van der Waals surface area contributed by atoms with Crippen molar-refractivity contribution in [3.8, 4) is 11.1 Å². The van der Waals surface area contributed by atoms with Crippen molar-refractivity contribution in [3.63, 3.8) is 0 Å². The summed E-state index contributed by atoms with van der Waals surface area (Å²) in [4.78, 5) is 5.01. The second-order valence-corrected chi connectivity index (χ2v) is 16.4. The second kappa shape index (κ2) is 12.7. The lowest BCUT2D eigenvalue weighted by atomic mass is 9.73. The van der Waals surface area contributed by atoms with E-state index in [0.717, 1.165) is 22.7 Å². The Morgan fingerprint density at radius 2 is 1.14 bits per heavy atom. The predicted molar refractivity (Wildman–Crippen MR) is 241 cm³/mol. The van der Waals surface area contributed by atoms with Crippen LogP contribution in [-0.4, -0.2) is 0 Å². The number of fused-ring (bicyclic) bond motifs is 7.